The molecule has 0 aliphatic heterocycles. The second-order valence-corrected chi connectivity index (χ2v) is 5.27. The van der Waals surface area contributed by atoms with E-state index in [0.29, 0.717) is 12.2 Å². The third kappa shape index (κ3) is 2.94. The van der Waals surface area contributed by atoms with Gasteiger partial charge < -0.3 is 0 Å². The molecule has 1 heteroatoms. The average Bonchev–Trinajstić information content (AvgIpc) is 2.22. The van der Waals surface area contributed by atoms with Crippen molar-refractivity contribution in [2.24, 2.45) is 5.41 Å². The second kappa shape index (κ2) is 4.82. The quantitative estimate of drug-likeness (QED) is 0.750. The van der Waals surface area contributed by atoms with Gasteiger partial charge in [0, 0.05) is 11.8 Å². The maximum absolute atomic E-state index is 12.1. The maximum Gasteiger partial charge on any atom is 0.142 e. The molecule has 0 fully saturated rings. The van der Waals surface area contributed by atoms with Gasteiger partial charge in [0.1, 0.15) is 5.78 Å². The summed E-state index contributed by atoms with van der Waals surface area (Å²) in [7, 11) is 0. The lowest BCUT2D eigenvalue weighted by Crippen LogP contribution is -2.25. The molecule has 0 heterocycles. The topological polar surface area (TPSA) is 17.1 Å². The summed E-state index contributed by atoms with van der Waals surface area (Å²) in [4.78, 5) is 12.1. The van der Waals surface area contributed by atoms with Crippen LogP contribution in [-0.2, 0) is 11.2 Å². The van der Waals surface area contributed by atoms with E-state index in [1.54, 1.807) is 0 Å². The fraction of sp³-hybridized carbons (Fsp3) is 0.533. The monoisotopic (exact) mass is 218 g/mol. The molecule has 0 saturated carbocycles. The molecule has 0 atom stereocenters. The normalized spacial score (nSPS) is 11.6. The van der Waals surface area contributed by atoms with E-state index in [1.807, 2.05) is 13.8 Å². The fourth-order valence-corrected chi connectivity index (χ4v) is 1.65. The molecule has 0 aromatic heterocycles. The van der Waals surface area contributed by atoms with Crippen LogP contribution in [0, 0.1) is 19.3 Å². The van der Waals surface area contributed by atoms with Crippen LogP contribution >= 0.6 is 0 Å². The van der Waals surface area contributed by atoms with Gasteiger partial charge in [0.15, 0.2) is 0 Å². The summed E-state index contributed by atoms with van der Waals surface area (Å²) in [6.45, 7) is 10.3. The highest BCUT2D eigenvalue weighted by Gasteiger charge is 2.25. The van der Waals surface area contributed by atoms with Gasteiger partial charge in [0.2, 0.25) is 0 Å². The molecule has 0 N–H and O–H groups in total. The highest BCUT2D eigenvalue weighted by molar-refractivity contribution is 5.86. The molecule has 1 rings (SSSR count). The van der Waals surface area contributed by atoms with E-state index >= 15 is 0 Å². The molecule has 16 heavy (non-hydrogen) atoms. The molecule has 1 nitrogen and oxygen atoms in total. The van der Waals surface area contributed by atoms with E-state index in [2.05, 4.69) is 39.0 Å². The van der Waals surface area contributed by atoms with Crippen molar-refractivity contribution in [2.75, 3.05) is 0 Å². The van der Waals surface area contributed by atoms with Crippen LogP contribution in [0.3, 0.4) is 0 Å². The van der Waals surface area contributed by atoms with Crippen molar-refractivity contribution in [1.82, 2.24) is 0 Å². The number of Topliss-reactive ketones (excluding diaryl/α,β-unsaturated/α-hetero) is 1. The Hall–Kier alpha value is -1.11. The molecule has 0 amide bonds. The zero-order valence-electron chi connectivity index (χ0n) is 11.1. The van der Waals surface area contributed by atoms with Crippen molar-refractivity contribution < 1.29 is 4.79 Å². The first-order chi connectivity index (χ1) is 7.36. The molecule has 88 valence electrons. The number of rotatable bonds is 4. The first-order valence-corrected chi connectivity index (χ1v) is 5.96. The van der Waals surface area contributed by atoms with Crippen LogP contribution in [0.5, 0.6) is 0 Å². The summed E-state index contributed by atoms with van der Waals surface area (Å²) in [5.41, 5.74) is 3.44. The number of hydrogen-bond donors (Lipinski definition) is 0. The van der Waals surface area contributed by atoms with Gasteiger partial charge in [-0.05, 0) is 31.4 Å². The Bertz CT molecular complexity index is 388. The van der Waals surface area contributed by atoms with Crippen molar-refractivity contribution in [3.05, 3.63) is 34.9 Å². The van der Waals surface area contributed by atoms with Crippen LogP contribution in [0.15, 0.2) is 18.2 Å². The Kier molecular flexibility index (Phi) is 3.90. The molecule has 1 aromatic carbocycles. The van der Waals surface area contributed by atoms with Crippen LogP contribution in [0.1, 0.15) is 43.9 Å². The molecular weight excluding hydrogens is 196 g/mol. The first-order valence-electron chi connectivity index (χ1n) is 5.96. The number of hydrogen-bond acceptors (Lipinski definition) is 1. The highest BCUT2D eigenvalue weighted by Crippen LogP contribution is 2.24. The molecule has 1 aromatic rings. The van der Waals surface area contributed by atoms with Crippen molar-refractivity contribution in [1.29, 1.82) is 0 Å². The van der Waals surface area contributed by atoms with Gasteiger partial charge in [-0.3, -0.25) is 4.79 Å². The summed E-state index contributed by atoms with van der Waals surface area (Å²) in [5.74, 6) is 0.335. The molecular formula is C15H22O. The Morgan fingerprint density at radius 2 is 1.88 bits per heavy atom. The molecule has 0 unspecified atom stereocenters. The Balaban J connectivity index is 2.85. The lowest BCUT2D eigenvalue weighted by Gasteiger charge is -2.21. The van der Waals surface area contributed by atoms with Crippen molar-refractivity contribution in [2.45, 2.75) is 47.5 Å². The standard InChI is InChI=1S/C15H22O/c1-6-15(4,5)14(16)10-13-8-7-11(2)9-12(13)3/h7-9H,6,10H2,1-5H3. The third-order valence-electron chi connectivity index (χ3n) is 3.49. The van der Waals surface area contributed by atoms with Gasteiger partial charge >= 0.3 is 0 Å². The minimum atomic E-state index is -0.197. The lowest BCUT2D eigenvalue weighted by molar-refractivity contribution is -0.126. The lowest BCUT2D eigenvalue weighted by atomic mass is 9.82. The van der Waals surface area contributed by atoms with Gasteiger partial charge in [-0.15, -0.1) is 0 Å². The van der Waals surface area contributed by atoms with Gasteiger partial charge in [-0.2, -0.15) is 0 Å². The Morgan fingerprint density at radius 1 is 1.25 bits per heavy atom. The van der Waals surface area contributed by atoms with Crippen molar-refractivity contribution >= 4 is 5.78 Å². The van der Waals surface area contributed by atoms with Gasteiger partial charge in [0.05, 0.1) is 0 Å². The summed E-state index contributed by atoms with van der Waals surface area (Å²) in [5, 5.41) is 0. The minimum absolute atomic E-state index is 0.197. The predicted octanol–water partition coefficient (Wildman–Crippen LogP) is 3.85. The van der Waals surface area contributed by atoms with E-state index in [4.69, 9.17) is 0 Å². The molecule has 0 radical (unpaired) electrons. The van der Waals surface area contributed by atoms with Gasteiger partial charge in [0.25, 0.3) is 0 Å². The molecule has 0 aliphatic rings. The van der Waals surface area contributed by atoms with Crippen LogP contribution in [0.25, 0.3) is 0 Å². The van der Waals surface area contributed by atoms with Crippen LogP contribution in [-0.4, -0.2) is 5.78 Å². The number of aryl methyl sites for hydroxylation is 2. The molecule has 0 spiro atoms. The summed E-state index contributed by atoms with van der Waals surface area (Å²) in [6, 6.07) is 6.30. The molecule has 0 aliphatic carbocycles. The van der Waals surface area contributed by atoms with Crippen LogP contribution < -0.4 is 0 Å². The summed E-state index contributed by atoms with van der Waals surface area (Å²) >= 11 is 0. The predicted molar refractivity (Wildman–Crippen MR) is 68.7 cm³/mol. The van der Waals surface area contributed by atoms with Crippen molar-refractivity contribution in [3.8, 4) is 0 Å². The van der Waals surface area contributed by atoms with Gasteiger partial charge in [-0.25, -0.2) is 0 Å². The van der Waals surface area contributed by atoms with Gasteiger partial charge in [-0.1, -0.05) is 44.5 Å². The van der Waals surface area contributed by atoms with Crippen molar-refractivity contribution in [3.63, 3.8) is 0 Å². The van der Waals surface area contributed by atoms with Crippen LogP contribution in [0.2, 0.25) is 0 Å². The maximum atomic E-state index is 12.1. The Morgan fingerprint density at radius 3 is 2.38 bits per heavy atom. The average molecular weight is 218 g/mol. The Labute approximate surface area is 98.9 Å². The fourth-order valence-electron chi connectivity index (χ4n) is 1.65. The summed E-state index contributed by atoms with van der Waals surface area (Å²) in [6.07, 6.45) is 1.46. The smallest absolute Gasteiger partial charge is 0.142 e. The first kappa shape index (κ1) is 13.0. The zero-order valence-corrected chi connectivity index (χ0v) is 11.1. The number of benzene rings is 1. The van der Waals surface area contributed by atoms with E-state index in [1.165, 1.54) is 11.1 Å². The van der Waals surface area contributed by atoms with E-state index < -0.39 is 0 Å². The highest BCUT2D eigenvalue weighted by atomic mass is 16.1. The van der Waals surface area contributed by atoms with E-state index in [9.17, 15) is 4.79 Å². The largest absolute Gasteiger partial charge is 0.299 e. The SMILES string of the molecule is CCC(C)(C)C(=O)Cc1ccc(C)cc1C. The zero-order chi connectivity index (χ0) is 12.3. The summed E-state index contributed by atoms with van der Waals surface area (Å²) < 4.78 is 0. The number of carbonyl (C=O) groups excluding carboxylic acids is 1. The number of ketones is 1. The van der Waals surface area contributed by atoms with E-state index in [-0.39, 0.29) is 5.41 Å². The molecule has 0 bridgehead atoms. The van der Waals surface area contributed by atoms with E-state index in [0.717, 1.165) is 12.0 Å². The van der Waals surface area contributed by atoms with Crippen LogP contribution in [0.4, 0.5) is 0 Å². The third-order valence-corrected chi connectivity index (χ3v) is 3.49. The second-order valence-electron chi connectivity index (χ2n) is 5.27. The minimum Gasteiger partial charge on any atom is -0.299 e. The molecule has 0 saturated heterocycles. The number of carbonyl (C=O) groups is 1.